The second-order valence-corrected chi connectivity index (χ2v) is 7.00. The molecule has 0 radical (unpaired) electrons. The molecule has 136 valence electrons. The third kappa shape index (κ3) is 3.37. The summed E-state index contributed by atoms with van der Waals surface area (Å²) >= 11 is 0. The van der Waals surface area contributed by atoms with Crippen LogP contribution in [-0.4, -0.2) is 33.3 Å². The van der Waals surface area contributed by atoms with E-state index in [1.165, 1.54) is 6.07 Å². The molecule has 4 nitrogen and oxygen atoms in total. The molecular weight excluding hydrogens is 329 g/mol. The van der Waals surface area contributed by atoms with Gasteiger partial charge in [-0.1, -0.05) is 30.3 Å². The van der Waals surface area contributed by atoms with Gasteiger partial charge in [0.15, 0.2) is 0 Å². The molecule has 2 aromatic carbocycles. The number of halogens is 1. The van der Waals surface area contributed by atoms with Crippen LogP contribution in [-0.2, 0) is 6.54 Å². The van der Waals surface area contributed by atoms with Crippen LogP contribution in [0.15, 0.2) is 48.8 Å². The van der Waals surface area contributed by atoms with Crippen LogP contribution in [0.1, 0.15) is 25.7 Å². The van der Waals surface area contributed by atoms with Crippen molar-refractivity contribution < 1.29 is 9.50 Å². The highest BCUT2D eigenvalue weighted by Crippen LogP contribution is 2.30. The van der Waals surface area contributed by atoms with Gasteiger partial charge in [0, 0.05) is 23.7 Å². The summed E-state index contributed by atoms with van der Waals surface area (Å²) in [6.07, 6.45) is 5.35. The van der Waals surface area contributed by atoms with Crippen LogP contribution in [0, 0.1) is 5.82 Å². The topological polar surface area (TPSA) is 50.1 Å². The monoisotopic (exact) mass is 353 g/mol. The first-order valence-electron chi connectivity index (χ1n) is 9.34. The number of aromatic nitrogens is 2. The number of imidazole rings is 1. The Bertz CT molecular complexity index is 892. The molecule has 3 aromatic rings. The lowest BCUT2D eigenvalue weighted by atomic mass is 9.97. The van der Waals surface area contributed by atoms with Crippen LogP contribution < -0.4 is 5.32 Å². The summed E-state index contributed by atoms with van der Waals surface area (Å²) in [5.74, 6) is -0.220. The van der Waals surface area contributed by atoms with Gasteiger partial charge in [-0.25, -0.2) is 9.37 Å². The molecule has 2 N–H and O–H groups in total. The largest absolute Gasteiger partial charge is 0.392 e. The van der Waals surface area contributed by atoms with Gasteiger partial charge < -0.3 is 15.0 Å². The molecule has 5 heteroatoms. The average molecular weight is 353 g/mol. The zero-order valence-electron chi connectivity index (χ0n) is 14.7. The maximum Gasteiger partial charge on any atom is 0.131 e. The second kappa shape index (κ2) is 7.56. The number of hydrogen-bond acceptors (Lipinski definition) is 3. The molecule has 0 bridgehead atoms. The van der Waals surface area contributed by atoms with Crippen LogP contribution >= 0.6 is 0 Å². The molecule has 1 aliphatic rings. The molecule has 0 spiro atoms. The third-order valence-corrected chi connectivity index (χ3v) is 5.26. The summed E-state index contributed by atoms with van der Waals surface area (Å²) in [5.41, 5.74) is 3.31. The second-order valence-electron chi connectivity index (χ2n) is 7.00. The highest BCUT2D eigenvalue weighted by atomic mass is 19.1. The molecule has 1 fully saturated rings. The predicted molar refractivity (Wildman–Crippen MR) is 101 cm³/mol. The number of para-hydroxylation sites is 1. The van der Waals surface area contributed by atoms with E-state index < -0.39 is 0 Å². The van der Waals surface area contributed by atoms with E-state index in [0.717, 1.165) is 55.4 Å². The number of aliphatic hydroxyl groups is 1. The minimum Gasteiger partial charge on any atom is -0.392 e. The summed E-state index contributed by atoms with van der Waals surface area (Å²) in [6.45, 7) is 1.78. The molecule has 1 aliphatic heterocycles. The lowest BCUT2D eigenvalue weighted by Crippen LogP contribution is -2.44. The number of piperidine rings is 1. The molecule has 2 heterocycles. The van der Waals surface area contributed by atoms with Gasteiger partial charge in [0.1, 0.15) is 5.82 Å². The number of aliphatic hydroxyl groups excluding tert-OH is 1. The van der Waals surface area contributed by atoms with E-state index in [0.29, 0.717) is 5.56 Å². The molecule has 4 rings (SSSR count). The molecule has 0 aliphatic carbocycles. The fourth-order valence-corrected chi connectivity index (χ4v) is 3.91. The molecule has 0 saturated carbocycles. The standard InChI is InChI=1S/C21H24FN3O/c22-17-8-2-1-6-15(17)16-7-3-9-19-21(16)25(14-24-19)13-5-10-18-20(26)11-4-12-23-18/h1-3,6-9,14,18,20,23,26H,4-5,10-13H2/t18-,20+/m1/s1. The summed E-state index contributed by atoms with van der Waals surface area (Å²) in [6, 6.07) is 12.9. The lowest BCUT2D eigenvalue weighted by Gasteiger charge is -2.29. The molecule has 0 unspecified atom stereocenters. The predicted octanol–water partition coefficient (Wildman–Crippen LogP) is 3.74. The summed E-state index contributed by atoms with van der Waals surface area (Å²) < 4.78 is 16.4. The number of aryl methyl sites for hydroxylation is 1. The Morgan fingerprint density at radius 1 is 1.15 bits per heavy atom. The zero-order valence-corrected chi connectivity index (χ0v) is 14.7. The maximum atomic E-state index is 14.3. The Balaban J connectivity index is 1.57. The summed E-state index contributed by atoms with van der Waals surface area (Å²) in [4.78, 5) is 4.49. The highest BCUT2D eigenvalue weighted by Gasteiger charge is 2.22. The molecule has 2 atom stereocenters. The minimum absolute atomic E-state index is 0.171. The van der Waals surface area contributed by atoms with Crippen molar-refractivity contribution in [2.24, 2.45) is 0 Å². The van der Waals surface area contributed by atoms with E-state index in [9.17, 15) is 9.50 Å². The van der Waals surface area contributed by atoms with Crippen LogP contribution in [0.3, 0.4) is 0 Å². The fourth-order valence-electron chi connectivity index (χ4n) is 3.91. The zero-order chi connectivity index (χ0) is 17.9. The third-order valence-electron chi connectivity index (χ3n) is 5.26. The Kier molecular flexibility index (Phi) is 5.00. The van der Waals surface area contributed by atoms with E-state index in [-0.39, 0.29) is 18.0 Å². The van der Waals surface area contributed by atoms with E-state index in [4.69, 9.17) is 0 Å². The molecular formula is C21H24FN3O. The maximum absolute atomic E-state index is 14.3. The van der Waals surface area contributed by atoms with Crippen molar-refractivity contribution in [2.45, 2.75) is 44.4 Å². The van der Waals surface area contributed by atoms with Crippen molar-refractivity contribution in [1.29, 1.82) is 0 Å². The van der Waals surface area contributed by atoms with Gasteiger partial charge in [-0.05, 0) is 44.4 Å². The smallest absolute Gasteiger partial charge is 0.131 e. The molecule has 26 heavy (non-hydrogen) atoms. The van der Waals surface area contributed by atoms with Gasteiger partial charge in [-0.3, -0.25) is 0 Å². The summed E-state index contributed by atoms with van der Waals surface area (Å²) in [7, 11) is 0. The normalized spacial score (nSPS) is 20.5. The summed E-state index contributed by atoms with van der Waals surface area (Å²) in [5, 5.41) is 13.5. The Hall–Kier alpha value is -2.24. The van der Waals surface area contributed by atoms with Crippen molar-refractivity contribution in [3.8, 4) is 11.1 Å². The first-order chi connectivity index (χ1) is 12.7. The van der Waals surface area contributed by atoms with Gasteiger partial charge in [-0.15, -0.1) is 0 Å². The van der Waals surface area contributed by atoms with E-state index in [1.54, 1.807) is 6.07 Å². The number of nitrogens with zero attached hydrogens (tertiary/aromatic N) is 2. The Morgan fingerprint density at radius 2 is 2.00 bits per heavy atom. The van der Waals surface area contributed by atoms with E-state index in [1.807, 2.05) is 36.7 Å². The van der Waals surface area contributed by atoms with Gasteiger partial charge in [0.05, 0.1) is 23.5 Å². The number of nitrogens with one attached hydrogen (secondary N) is 1. The van der Waals surface area contributed by atoms with Crippen LogP contribution in [0.2, 0.25) is 0 Å². The first-order valence-corrected chi connectivity index (χ1v) is 9.34. The van der Waals surface area contributed by atoms with Gasteiger partial charge >= 0.3 is 0 Å². The lowest BCUT2D eigenvalue weighted by molar-refractivity contribution is 0.0909. The molecule has 1 aromatic heterocycles. The van der Waals surface area contributed by atoms with Gasteiger partial charge in [0.2, 0.25) is 0 Å². The van der Waals surface area contributed by atoms with Gasteiger partial charge in [-0.2, -0.15) is 0 Å². The van der Waals surface area contributed by atoms with Crippen molar-refractivity contribution >= 4 is 11.0 Å². The highest BCUT2D eigenvalue weighted by molar-refractivity contribution is 5.92. The van der Waals surface area contributed by atoms with Crippen LogP contribution in [0.4, 0.5) is 4.39 Å². The van der Waals surface area contributed by atoms with Crippen molar-refractivity contribution in [2.75, 3.05) is 6.54 Å². The van der Waals surface area contributed by atoms with Crippen molar-refractivity contribution in [3.63, 3.8) is 0 Å². The first kappa shape index (κ1) is 17.2. The average Bonchev–Trinajstić information content (AvgIpc) is 3.07. The van der Waals surface area contributed by atoms with Crippen molar-refractivity contribution in [1.82, 2.24) is 14.9 Å². The minimum atomic E-state index is -0.253. The number of fused-ring (bicyclic) bond motifs is 1. The molecule has 1 saturated heterocycles. The Labute approximate surface area is 152 Å². The SMILES string of the molecule is O[C@H]1CCCN[C@@H]1CCCn1cnc2cccc(-c3ccccc3F)c21. The van der Waals surface area contributed by atoms with Gasteiger partial charge in [0.25, 0.3) is 0 Å². The fraction of sp³-hybridized carbons (Fsp3) is 0.381. The Morgan fingerprint density at radius 3 is 2.85 bits per heavy atom. The van der Waals surface area contributed by atoms with E-state index in [2.05, 4.69) is 14.9 Å². The van der Waals surface area contributed by atoms with Crippen LogP contribution in [0.5, 0.6) is 0 Å². The quantitative estimate of drug-likeness (QED) is 0.735. The van der Waals surface area contributed by atoms with Crippen molar-refractivity contribution in [3.05, 3.63) is 54.6 Å². The number of hydrogen-bond donors (Lipinski definition) is 2. The number of benzene rings is 2. The number of rotatable bonds is 5. The van der Waals surface area contributed by atoms with E-state index >= 15 is 0 Å². The molecule has 0 amide bonds. The van der Waals surface area contributed by atoms with Crippen LogP contribution in [0.25, 0.3) is 22.2 Å².